The summed E-state index contributed by atoms with van der Waals surface area (Å²) in [6.07, 6.45) is 2.25. The number of aliphatic imine (C=N–C) groups is 1. The predicted molar refractivity (Wildman–Crippen MR) is 122 cm³/mol. The highest BCUT2D eigenvalue weighted by Crippen LogP contribution is 2.45. The van der Waals surface area contributed by atoms with E-state index in [1.165, 1.54) is 18.9 Å². The number of nitrogens with one attached hydrogen (secondary N) is 1. The van der Waals surface area contributed by atoms with Crippen LogP contribution in [0.5, 0.6) is 5.75 Å². The number of ether oxygens (including phenoxy) is 3. The van der Waals surface area contributed by atoms with Crippen LogP contribution in [0.3, 0.4) is 0 Å². The second-order valence-corrected chi connectivity index (χ2v) is 8.61. The Morgan fingerprint density at radius 2 is 2.19 bits per heavy atom. The van der Waals surface area contributed by atoms with Crippen LogP contribution in [0.15, 0.2) is 51.6 Å². The van der Waals surface area contributed by atoms with Gasteiger partial charge in [-0.15, -0.1) is 0 Å². The van der Waals surface area contributed by atoms with E-state index < -0.39 is 12.0 Å². The normalized spacial score (nSPS) is 22.3. The largest absolute Gasteiger partial charge is 0.497 e. The minimum absolute atomic E-state index is 0.0824. The molecule has 0 aromatic heterocycles. The molecule has 1 aromatic carbocycles. The van der Waals surface area contributed by atoms with Gasteiger partial charge in [0.1, 0.15) is 5.75 Å². The molecule has 0 radical (unpaired) electrons. The van der Waals surface area contributed by atoms with E-state index in [-0.39, 0.29) is 18.4 Å². The Bertz CT molecular complexity index is 997. The number of benzene rings is 1. The van der Waals surface area contributed by atoms with Crippen LogP contribution < -0.4 is 10.1 Å². The maximum absolute atomic E-state index is 12.8. The molecule has 170 valence electrons. The molecule has 1 fully saturated rings. The number of esters is 1. The fraction of sp³-hybridized carbons (Fsp3) is 0.435. The van der Waals surface area contributed by atoms with Gasteiger partial charge in [0.2, 0.25) is 5.91 Å². The van der Waals surface area contributed by atoms with Crippen LogP contribution in [0.25, 0.3) is 0 Å². The molecule has 1 amide bonds. The molecule has 3 aliphatic heterocycles. The molecule has 0 bridgehead atoms. The van der Waals surface area contributed by atoms with Crippen molar-refractivity contribution >= 4 is 28.8 Å². The highest BCUT2D eigenvalue weighted by atomic mass is 32.2. The van der Waals surface area contributed by atoms with E-state index in [1.54, 1.807) is 14.0 Å². The van der Waals surface area contributed by atoms with Gasteiger partial charge in [-0.3, -0.25) is 4.79 Å². The van der Waals surface area contributed by atoms with E-state index in [4.69, 9.17) is 14.2 Å². The number of amidine groups is 1. The fourth-order valence-electron chi connectivity index (χ4n) is 4.13. The maximum atomic E-state index is 12.8. The van der Waals surface area contributed by atoms with Gasteiger partial charge in [0.05, 0.1) is 44.1 Å². The number of hydrogen-bond donors (Lipinski definition) is 1. The van der Waals surface area contributed by atoms with E-state index in [2.05, 4.69) is 10.3 Å². The molecule has 3 heterocycles. The number of allylic oxidation sites excluding steroid dienone is 1. The van der Waals surface area contributed by atoms with Crippen LogP contribution in [0.4, 0.5) is 0 Å². The molecule has 0 saturated carbocycles. The number of nitrogens with zero attached hydrogens (tertiary/aromatic N) is 2. The van der Waals surface area contributed by atoms with Crippen molar-refractivity contribution in [1.82, 2.24) is 10.2 Å². The molecule has 0 spiro atoms. The van der Waals surface area contributed by atoms with Crippen molar-refractivity contribution < 1.29 is 23.8 Å². The summed E-state index contributed by atoms with van der Waals surface area (Å²) in [6, 6.07) is 7.08. The molecule has 9 heteroatoms. The average molecular weight is 458 g/mol. The van der Waals surface area contributed by atoms with Gasteiger partial charge < -0.3 is 24.4 Å². The van der Waals surface area contributed by atoms with Crippen molar-refractivity contribution in [2.75, 3.05) is 27.4 Å². The minimum atomic E-state index is -0.475. The third-order valence-corrected chi connectivity index (χ3v) is 6.60. The predicted octanol–water partition coefficient (Wildman–Crippen LogP) is 3.13. The van der Waals surface area contributed by atoms with Crippen LogP contribution >= 0.6 is 11.8 Å². The monoisotopic (exact) mass is 457 g/mol. The lowest BCUT2D eigenvalue weighted by molar-refractivity contribution is -0.136. The van der Waals surface area contributed by atoms with Crippen molar-refractivity contribution in [1.29, 1.82) is 0 Å². The SMILES string of the molecule is COC(=O)C1=C(C)N=C2SC=C(CC(=O)NC[C@@H]3CCCO3)N2[C@H]1c1cccc(OC)c1. The quantitative estimate of drug-likeness (QED) is 0.629. The first kappa shape index (κ1) is 22.4. The summed E-state index contributed by atoms with van der Waals surface area (Å²) in [5.74, 6) is 0.140. The van der Waals surface area contributed by atoms with Crippen molar-refractivity contribution in [2.45, 2.75) is 38.3 Å². The third kappa shape index (κ3) is 4.54. The topological polar surface area (TPSA) is 89.5 Å². The fourth-order valence-corrected chi connectivity index (χ4v) is 5.09. The molecule has 1 N–H and O–H groups in total. The third-order valence-electron chi connectivity index (χ3n) is 5.71. The van der Waals surface area contributed by atoms with Crippen molar-refractivity contribution in [2.24, 2.45) is 4.99 Å². The van der Waals surface area contributed by atoms with Gasteiger partial charge in [-0.05, 0) is 42.9 Å². The van der Waals surface area contributed by atoms with Gasteiger partial charge >= 0.3 is 5.97 Å². The summed E-state index contributed by atoms with van der Waals surface area (Å²) >= 11 is 1.44. The average Bonchev–Trinajstić information content (AvgIpc) is 3.46. The zero-order valence-electron chi connectivity index (χ0n) is 18.4. The molecule has 3 aliphatic rings. The number of carbonyl (C=O) groups excluding carboxylic acids is 2. The van der Waals surface area contributed by atoms with Gasteiger partial charge in [0.25, 0.3) is 0 Å². The van der Waals surface area contributed by atoms with E-state index in [9.17, 15) is 9.59 Å². The Morgan fingerprint density at radius 3 is 2.91 bits per heavy atom. The molecule has 32 heavy (non-hydrogen) atoms. The summed E-state index contributed by atoms with van der Waals surface area (Å²) in [7, 11) is 2.96. The zero-order chi connectivity index (χ0) is 22.7. The number of methoxy groups -OCH3 is 2. The molecule has 1 saturated heterocycles. The number of thioether (sulfide) groups is 1. The molecule has 8 nitrogen and oxygen atoms in total. The number of rotatable bonds is 7. The standard InChI is InChI=1S/C23H27N3O5S/c1-14-20(22(28)30-3)21(15-6-4-7-17(10-15)29-2)26-16(13-32-23(26)25-14)11-19(27)24-12-18-8-5-9-31-18/h4,6-7,10,13,18,21H,5,8-9,11-12H2,1-3H3,(H,24,27)/t18-,21-/m0/s1. The lowest BCUT2D eigenvalue weighted by Gasteiger charge is -2.36. The first-order valence-electron chi connectivity index (χ1n) is 10.6. The molecule has 0 unspecified atom stereocenters. The summed E-state index contributed by atoms with van der Waals surface area (Å²) in [5.41, 5.74) is 2.67. The minimum Gasteiger partial charge on any atom is -0.497 e. The number of hydrogen-bond acceptors (Lipinski definition) is 8. The highest BCUT2D eigenvalue weighted by Gasteiger charge is 2.41. The molecule has 0 aliphatic carbocycles. The van der Waals surface area contributed by atoms with Crippen molar-refractivity contribution in [3.63, 3.8) is 0 Å². The lowest BCUT2D eigenvalue weighted by atomic mass is 9.93. The van der Waals surface area contributed by atoms with Gasteiger partial charge in [0.15, 0.2) is 5.17 Å². The van der Waals surface area contributed by atoms with E-state index in [0.29, 0.717) is 23.6 Å². The summed E-state index contributed by atoms with van der Waals surface area (Å²) in [4.78, 5) is 32.0. The Hall–Kier alpha value is -2.78. The van der Waals surface area contributed by atoms with Crippen LogP contribution in [0.1, 0.15) is 37.8 Å². The van der Waals surface area contributed by atoms with Crippen LogP contribution in [0.2, 0.25) is 0 Å². The Morgan fingerprint density at radius 1 is 1.34 bits per heavy atom. The van der Waals surface area contributed by atoms with E-state index in [1.807, 2.05) is 34.6 Å². The number of carbonyl (C=O) groups is 2. The summed E-state index contributed by atoms with van der Waals surface area (Å²) in [5, 5.41) is 5.62. The van der Waals surface area contributed by atoms with Crippen LogP contribution in [0, 0.1) is 0 Å². The summed E-state index contributed by atoms with van der Waals surface area (Å²) < 4.78 is 16.1. The van der Waals surface area contributed by atoms with Crippen LogP contribution in [-0.4, -0.2) is 55.4 Å². The smallest absolute Gasteiger partial charge is 0.338 e. The maximum Gasteiger partial charge on any atom is 0.338 e. The molecule has 2 atom stereocenters. The van der Waals surface area contributed by atoms with E-state index in [0.717, 1.165) is 35.9 Å². The van der Waals surface area contributed by atoms with E-state index >= 15 is 0 Å². The number of amides is 1. The Kier molecular flexibility index (Phi) is 6.86. The lowest BCUT2D eigenvalue weighted by Crippen LogP contribution is -2.38. The van der Waals surface area contributed by atoms with Gasteiger partial charge in [0, 0.05) is 18.8 Å². The van der Waals surface area contributed by atoms with Crippen molar-refractivity contribution in [3.05, 3.63) is 52.2 Å². The number of fused-ring (bicyclic) bond motifs is 1. The highest BCUT2D eigenvalue weighted by molar-refractivity contribution is 8.16. The van der Waals surface area contributed by atoms with Gasteiger partial charge in [-0.25, -0.2) is 9.79 Å². The second-order valence-electron chi connectivity index (χ2n) is 7.78. The molecule has 1 aromatic rings. The second kappa shape index (κ2) is 9.79. The molecular weight excluding hydrogens is 430 g/mol. The first-order valence-corrected chi connectivity index (χ1v) is 11.4. The van der Waals surface area contributed by atoms with Crippen LogP contribution in [-0.2, 0) is 19.1 Å². The first-order chi connectivity index (χ1) is 15.5. The van der Waals surface area contributed by atoms with Crippen molar-refractivity contribution in [3.8, 4) is 5.75 Å². The van der Waals surface area contributed by atoms with Gasteiger partial charge in [-0.1, -0.05) is 23.9 Å². The Balaban J connectivity index is 1.61. The zero-order valence-corrected chi connectivity index (χ0v) is 19.2. The molecular formula is C23H27N3O5S. The Labute approximate surface area is 191 Å². The molecule has 4 rings (SSSR count). The summed E-state index contributed by atoms with van der Waals surface area (Å²) in [6.45, 7) is 3.06. The van der Waals surface area contributed by atoms with Gasteiger partial charge in [-0.2, -0.15) is 0 Å².